The quantitative estimate of drug-likeness (QED) is 0.695. The Morgan fingerprint density at radius 3 is 2.33 bits per heavy atom. The third-order valence-electron chi connectivity index (χ3n) is 4.81. The van der Waals surface area contributed by atoms with Crippen LogP contribution in [-0.4, -0.2) is 29.0 Å². The average molecular weight is 382 g/mol. The predicted octanol–water partition coefficient (Wildman–Crippen LogP) is 5.05. The Balaban J connectivity index is 2.01. The van der Waals surface area contributed by atoms with Crippen LogP contribution in [-0.2, 0) is 4.74 Å². The lowest BCUT2D eigenvalue weighted by Gasteiger charge is -2.26. The molecule has 1 aliphatic rings. The van der Waals surface area contributed by atoms with Gasteiger partial charge in [0, 0.05) is 17.3 Å². The van der Waals surface area contributed by atoms with E-state index >= 15 is 0 Å². The molecule has 1 aliphatic carbocycles. The fourth-order valence-corrected chi connectivity index (χ4v) is 3.60. The normalized spacial score (nSPS) is 15.6. The number of carbonyl (C=O) groups is 1. The van der Waals surface area contributed by atoms with Crippen molar-refractivity contribution >= 4 is 5.97 Å². The van der Waals surface area contributed by atoms with Crippen molar-refractivity contribution in [3.63, 3.8) is 0 Å². The molecule has 1 aromatic heterocycles. The second-order valence-corrected chi connectivity index (χ2v) is 6.60. The zero-order valence-corrected chi connectivity index (χ0v) is 15.2. The Morgan fingerprint density at radius 1 is 1.15 bits per heavy atom. The van der Waals surface area contributed by atoms with Gasteiger partial charge in [-0.3, -0.25) is 0 Å². The SMILES string of the molecule is COC(=O)c1nc(-c2ccc(OC(F)(F)F)cc2)n(C2CCCCC2)c1C. The summed E-state index contributed by atoms with van der Waals surface area (Å²) in [6.07, 6.45) is 0.561. The zero-order chi connectivity index (χ0) is 19.6. The summed E-state index contributed by atoms with van der Waals surface area (Å²) in [5.74, 6) is -0.273. The number of hydrogen-bond acceptors (Lipinski definition) is 4. The monoisotopic (exact) mass is 382 g/mol. The van der Waals surface area contributed by atoms with Gasteiger partial charge < -0.3 is 14.0 Å². The number of esters is 1. The molecule has 8 heteroatoms. The molecule has 1 saturated carbocycles. The number of alkyl halides is 3. The maximum absolute atomic E-state index is 12.4. The number of carbonyl (C=O) groups excluding carboxylic acids is 1. The molecule has 0 N–H and O–H groups in total. The van der Waals surface area contributed by atoms with E-state index in [1.54, 1.807) is 0 Å². The number of hydrogen-bond donors (Lipinski definition) is 0. The van der Waals surface area contributed by atoms with Gasteiger partial charge in [0.2, 0.25) is 0 Å². The van der Waals surface area contributed by atoms with Crippen LogP contribution in [0.15, 0.2) is 24.3 Å². The number of aromatic nitrogens is 2. The molecule has 27 heavy (non-hydrogen) atoms. The Labute approximate surface area is 155 Å². The second-order valence-electron chi connectivity index (χ2n) is 6.60. The molecule has 0 saturated heterocycles. The van der Waals surface area contributed by atoms with Gasteiger partial charge in [-0.1, -0.05) is 19.3 Å². The van der Waals surface area contributed by atoms with Gasteiger partial charge >= 0.3 is 12.3 Å². The Hall–Kier alpha value is -2.51. The Bertz CT molecular complexity index is 807. The first-order chi connectivity index (χ1) is 12.8. The number of benzene rings is 1. The molecule has 0 radical (unpaired) electrons. The molecule has 1 fully saturated rings. The van der Waals surface area contributed by atoms with Crippen molar-refractivity contribution in [2.45, 2.75) is 51.4 Å². The highest BCUT2D eigenvalue weighted by Crippen LogP contribution is 2.35. The minimum absolute atomic E-state index is 0.200. The van der Waals surface area contributed by atoms with Crippen molar-refractivity contribution in [1.82, 2.24) is 9.55 Å². The number of methoxy groups -OCH3 is 1. The molecule has 1 aromatic carbocycles. The van der Waals surface area contributed by atoms with Crippen LogP contribution in [0, 0.1) is 6.92 Å². The van der Waals surface area contributed by atoms with Crippen LogP contribution in [0.1, 0.15) is 54.3 Å². The third kappa shape index (κ3) is 4.26. The first-order valence-corrected chi connectivity index (χ1v) is 8.83. The summed E-state index contributed by atoms with van der Waals surface area (Å²) < 4.78 is 47.9. The van der Waals surface area contributed by atoms with Crippen molar-refractivity contribution in [1.29, 1.82) is 0 Å². The van der Waals surface area contributed by atoms with E-state index in [4.69, 9.17) is 4.74 Å². The smallest absolute Gasteiger partial charge is 0.464 e. The van der Waals surface area contributed by atoms with E-state index in [0.717, 1.165) is 25.7 Å². The molecule has 0 aliphatic heterocycles. The minimum Gasteiger partial charge on any atom is -0.464 e. The lowest BCUT2D eigenvalue weighted by Crippen LogP contribution is -2.17. The summed E-state index contributed by atoms with van der Waals surface area (Å²) in [5, 5.41) is 0. The summed E-state index contributed by atoms with van der Waals surface area (Å²) in [5.41, 5.74) is 1.56. The minimum atomic E-state index is -4.74. The van der Waals surface area contributed by atoms with Crippen LogP contribution in [0.4, 0.5) is 13.2 Å². The van der Waals surface area contributed by atoms with Crippen LogP contribution in [0.25, 0.3) is 11.4 Å². The second kappa shape index (κ2) is 7.62. The van der Waals surface area contributed by atoms with E-state index in [0.29, 0.717) is 17.1 Å². The number of rotatable bonds is 4. The number of halogens is 3. The molecule has 0 bridgehead atoms. The first kappa shape index (κ1) is 19.3. The van der Waals surface area contributed by atoms with Crippen LogP contribution >= 0.6 is 0 Å². The van der Waals surface area contributed by atoms with E-state index in [1.807, 2.05) is 11.5 Å². The van der Waals surface area contributed by atoms with Crippen molar-refractivity contribution in [3.8, 4) is 17.1 Å². The van der Waals surface area contributed by atoms with E-state index in [-0.39, 0.29) is 17.5 Å². The highest BCUT2D eigenvalue weighted by atomic mass is 19.4. The molecular weight excluding hydrogens is 361 g/mol. The largest absolute Gasteiger partial charge is 0.573 e. The van der Waals surface area contributed by atoms with Gasteiger partial charge in [0.05, 0.1) is 7.11 Å². The molecule has 5 nitrogen and oxygen atoms in total. The lowest BCUT2D eigenvalue weighted by atomic mass is 9.94. The zero-order valence-electron chi connectivity index (χ0n) is 15.2. The van der Waals surface area contributed by atoms with Gasteiger partial charge in [-0.15, -0.1) is 13.2 Å². The topological polar surface area (TPSA) is 53.4 Å². The summed E-state index contributed by atoms with van der Waals surface area (Å²) in [6.45, 7) is 1.82. The highest BCUT2D eigenvalue weighted by molar-refractivity contribution is 5.89. The average Bonchev–Trinajstić information content (AvgIpc) is 2.98. The van der Waals surface area contributed by atoms with Gasteiger partial charge in [-0.25, -0.2) is 9.78 Å². The van der Waals surface area contributed by atoms with E-state index in [9.17, 15) is 18.0 Å². The Morgan fingerprint density at radius 2 is 1.78 bits per heavy atom. The molecule has 0 spiro atoms. The third-order valence-corrected chi connectivity index (χ3v) is 4.81. The summed E-state index contributed by atoms with van der Waals surface area (Å²) in [7, 11) is 1.30. The highest BCUT2D eigenvalue weighted by Gasteiger charge is 2.31. The molecule has 146 valence electrons. The van der Waals surface area contributed by atoms with E-state index in [2.05, 4.69) is 9.72 Å². The Kier molecular flexibility index (Phi) is 5.43. The van der Waals surface area contributed by atoms with Crippen LogP contribution in [0.3, 0.4) is 0 Å². The van der Waals surface area contributed by atoms with Gasteiger partial charge in [-0.05, 0) is 44.0 Å². The number of ether oxygens (including phenoxy) is 2. The van der Waals surface area contributed by atoms with Crippen molar-refractivity contribution in [2.24, 2.45) is 0 Å². The van der Waals surface area contributed by atoms with Crippen molar-refractivity contribution in [2.75, 3.05) is 7.11 Å². The van der Waals surface area contributed by atoms with Crippen LogP contribution in [0.5, 0.6) is 5.75 Å². The number of imidazole rings is 1. The van der Waals surface area contributed by atoms with E-state index in [1.165, 1.54) is 37.8 Å². The maximum Gasteiger partial charge on any atom is 0.573 e. The molecule has 1 heterocycles. The summed E-state index contributed by atoms with van der Waals surface area (Å²) in [6, 6.07) is 5.73. The van der Waals surface area contributed by atoms with Crippen LogP contribution in [0.2, 0.25) is 0 Å². The number of nitrogens with zero attached hydrogens (tertiary/aromatic N) is 2. The van der Waals surface area contributed by atoms with E-state index < -0.39 is 12.3 Å². The standard InChI is InChI=1S/C19H21F3N2O3/c1-12-16(18(25)26-2)23-17(24(12)14-6-4-3-5-7-14)13-8-10-15(11-9-13)27-19(20,21)22/h8-11,14H,3-7H2,1-2H3. The maximum atomic E-state index is 12.4. The van der Waals surface area contributed by atoms with Gasteiger partial charge in [0.25, 0.3) is 0 Å². The van der Waals surface area contributed by atoms with Gasteiger partial charge in [-0.2, -0.15) is 0 Å². The molecule has 2 aromatic rings. The summed E-state index contributed by atoms with van der Waals surface area (Å²) >= 11 is 0. The molecule has 0 unspecified atom stereocenters. The molecule has 0 atom stereocenters. The molecule has 0 amide bonds. The van der Waals surface area contributed by atoms with Crippen molar-refractivity contribution < 1.29 is 27.4 Å². The van der Waals surface area contributed by atoms with Crippen molar-refractivity contribution in [3.05, 3.63) is 35.7 Å². The fourth-order valence-electron chi connectivity index (χ4n) is 3.60. The predicted molar refractivity (Wildman–Crippen MR) is 92.5 cm³/mol. The molecular formula is C19H21F3N2O3. The van der Waals surface area contributed by atoms with Gasteiger partial charge in [0.1, 0.15) is 11.6 Å². The van der Waals surface area contributed by atoms with Gasteiger partial charge in [0.15, 0.2) is 5.69 Å². The fraction of sp³-hybridized carbons (Fsp3) is 0.474. The molecule has 3 rings (SSSR count). The lowest BCUT2D eigenvalue weighted by molar-refractivity contribution is -0.274. The first-order valence-electron chi connectivity index (χ1n) is 8.83. The van der Waals surface area contributed by atoms with Crippen LogP contribution < -0.4 is 4.74 Å². The summed E-state index contributed by atoms with van der Waals surface area (Å²) in [4.78, 5) is 16.5.